The number of ether oxygens (including phenoxy) is 1. The lowest BCUT2D eigenvalue weighted by molar-refractivity contribution is 0.0743. The smallest absolute Gasteiger partial charge is 0.271 e. The summed E-state index contributed by atoms with van der Waals surface area (Å²) in [5, 5.41) is 0.967. The number of rotatable bonds is 2. The number of fused-ring (bicyclic) bond motifs is 1. The molecule has 4 nitrogen and oxygen atoms in total. The number of thiol groups is 1. The van der Waals surface area contributed by atoms with Gasteiger partial charge in [-0.25, -0.2) is 0 Å². The van der Waals surface area contributed by atoms with Crippen molar-refractivity contribution in [2.24, 2.45) is 5.41 Å². The number of amides is 1. The van der Waals surface area contributed by atoms with Crippen molar-refractivity contribution < 1.29 is 9.53 Å². The summed E-state index contributed by atoms with van der Waals surface area (Å²) in [6, 6.07) is 7.72. The van der Waals surface area contributed by atoms with Gasteiger partial charge in [0.25, 0.3) is 5.91 Å². The number of hydrogen-bond donors (Lipinski definition) is 2. The second-order valence-electron chi connectivity index (χ2n) is 7.28. The van der Waals surface area contributed by atoms with Gasteiger partial charge in [0.05, 0.1) is 12.5 Å². The van der Waals surface area contributed by atoms with Gasteiger partial charge in [0.2, 0.25) is 0 Å². The van der Waals surface area contributed by atoms with Gasteiger partial charge < -0.3 is 14.6 Å². The Morgan fingerprint density at radius 3 is 2.88 bits per heavy atom. The number of aromatic nitrogens is 1. The van der Waals surface area contributed by atoms with Crippen LogP contribution in [0.5, 0.6) is 5.75 Å². The first kappa shape index (κ1) is 15.9. The predicted molar refractivity (Wildman–Crippen MR) is 98.8 cm³/mol. The Morgan fingerprint density at radius 1 is 1.33 bits per heavy atom. The molecule has 1 atom stereocenters. The van der Waals surface area contributed by atoms with Crippen LogP contribution in [0, 0.1) is 5.41 Å². The molecule has 2 heterocycles. The fourth-order valence-corrected chi connectivity index (χ4v) is 5.05. The van der Waals surface area contributed by atoms with Crippen LogP contribution in [0.3, 0.4) is 0 Å². The molecule has 1 saturated carbocycles. The van der Waals surface area contributed by atoms with Crippen LogP contribution >= 0.6 is 12.6 Å². The third-order valence-electron chi connectivity index (χ3n) is 5.73. The minimum Gasteiger partial charge on any atom is -0.496 e. The molecular formula is C19H24N2O2S. The van der Waals surface area contributed by atoms with E-state index in [4.69, 9.17) is 17.4 Å². The van der Waals surface area contributed by atoms with Gasteiger partial charge in [0.1, 0.15) is 11.4 Å². The zero-order chi connectivity index (χ0) is 16.7. The van der Waals surface area contributed by atoms with Gasteiger partial charge in [-0.3, -0.25) is 4.79 Å². The minimum absolute atomic E-state index is 0.0175. The van der Waals surface area contributed by atoms with Gasteiger partial charge >= 0.3 is 0 Å². The molecule has 1 aromatic carbocycles. The van der Waals surface area contributed by atoms with Crippen LogP contribution in [-0.4, -0.2) is 34.8 Å². The monoisotopic (exact) mass is 344 g/mol. The average Bonchev–Trinajstić information content (AvgIpc) is 3.16. The first-order chi connectivity index (χ1) is 11.6. The molecule has 1 aromatic heterocycles. The normalized spacial score (nSPS) is 23.1. The first-order valence-corrected chi connectivity index (χ1v) is 9.28. The van der Waals surface area contributed by atoms with E-state index < -0.39 is 0 Å². The number of benzene rings is 1. The Hall–Kier alpha value is -1.62. The largest absolute Gasteiger partial charge is 0.496 e. The molecule has 0 radical (unpaired) electrons. The van der Waals surface area contributed by atoms with Crippen LogP contribution < -0.4 is 4.74 Å². The highest BCUT2D eigenvalue weighted by Gasteiger charge is 2.45. The number of carbonyl (C=O) groups excluding carboxylic acids is 1. The van der Waals surface area contributed by atoms with Gasteiger partial charge in [-0.2, -0.15) is 12.6 Å². The second-order valence-corrected chi connectivity index (χ2v) is 7.88. The summed E-state index contributed by atoms with van der Waals surface area (Å²) in [7, 11) is 1.65. The fourth-order valence-electron chi connectivity index (χ4n) is 4.48. The Labute approximate surface area is 148 Å². The van der Waals surface area contributed by atoms with Crippen molar-refractivity contribution >= 4 is 29.4 Å². The maximum Gasteiger partial charge on any atom is 0.271 e. The van der Waals surface area contributed by atoms with E-state index in [2.05, 4.69) is 4.98 Å². The molecular weight excluding hydrogens is 320 g/mol. The van der Waals surface area contributed by atoms with Crippen LogP contribution in [0.25, 0.3) is 10.9 Å². The summed E-state index contributed by atoms with van der Waals surface area (Å²) in [4.78, 5) is 18.3. The predicted octanol–water partition coefficient (Wildman–Crippen LogP) is 4.23. The Bertz CT molecular complexity index is 764. The van der Waals surface area contributed by atoms with E-state index in [-0.39, 0.29) is 11.3 Å². The standard InChI is InChI=1S/C19H24N2O2S/c1-23-16-7-5-6-14-13(16)10-15(20-14)18(22)21-12-19(11-17(21)24)8-3-2-4-9-19/h5-7,10,17,20,24H,2-4,8-9,11-12H2,1H3. The lowest BCUT2D eigenvalue weighted by atomic mass is 9.73. The fraction of sp³-hybridized carbons (Fsp3) is 0.526. The van der Waals surface area contributed by atoms with E-state index in [0.717, 1.165) is 29.6 Å². The molecule has 1 spiro atoms. The lowest BCUT2D eigenvalue weighted by Crippen LogP contribution is -2.35. The summed E-state index contributed by atoms with van der Waals surface area (Å²) in [6.07, 6.45) is 7.38. The molecule has 4 rings (SSSR count). The topological polar surface area (TPSA) is 45.3 Å². The zero-order valence-corrected chi connectivity index (χ0v) is 14.9. The van der Waals surface area contributed by atoms with Gasteiger partial charge in [-0.1, -0.05) is 25.3 Å². The molecule has 1 N–H and O–H groups in total. The maximum absolute atomic E-state index is 13.1. The van der Waals surface area contributed by atoms with Gasteiger partial charge in [-0.15, -0.1) is 0 Å². The summed E-state index contributed by atoms with van der Waals surface area (Å²) in [6.45, 7) is 0.840. The van der Waals surface area contributed by atoms with Crippen LogP contribution in [0.4, 0.5) is 0 Å². The van der Waals surface area contributed by atoms with Crippen LogP contribution in [0.15, 0.2) is 24.3 Å². The van der Waals surface area contributed by atoms with Crippen molar-refractivity contribution in [3.05, 3.63) is 30.0 Å². The highest BCUT2D eigenvalue weighted by atomic mass is 32.1. The number of nitrogens with one attached hydrogen (secondary N) is 1. The van der Waals surface area contributed by atoms with E-state index >= 15 is 0 Å². The Morgan fingerprint density at radius 2 is 2.12 bits per heavy atom. The van der Waals surface area contributed by atoms with Crippen molar-refractivity contribution in [1.29, 1.82) is 0 Å². The summed E-state index contributed by atoms with van der Waals surface area (Å²) < 4.78 is 5.40. The molecule has 1 aliphatic carbocycles. The molecule has 1 aliphatic heterocycles. The quantitative estimate of drug-likeness (QED) is 0.801. The number of methoxy groups -OCH3 is 1. The van der Waals surface area contributed by atoms with Crippen molar-refractivity contribution in [3.63, 3.8) is 0 Å². The van der Waals surface area contributed by atoms with Crippen LogP contribution in [-0.2, 0) is 0 Å². The Balaban J connectivity index is 1.61. The summed E-state index contributed by atoms with van der Waals surface area (Å²) >= 11 is 4.73. The highest BCUT2D eigenvalue weighted by molar-refractivity contribution is 7.80. The molecule has 1 unspecified atom stereocenters. The first-order valence-electron chi connectivity index (χ1n) is 8.77. The lowest BCUT2D eigenvalue weighted by Gasteiger charge is -2.32. The third kappa shape index (κ3) is 2.59. The highest BCUT2D eigenvalue weighted by Crippen LogP contribution is 2.47. The van der Waals surface area contributed by atoms with Crippen molar-refractivity contribution in [2.75, 3.05) is 13.7 Å². The number of likely N-dealkylation sites (tertiary alicyclic amines) is 1. The van der Waals surface area contributed by atoms with Crippen LogP contribution in [0.2, 0.25) is 0 Å². The van der Waals surface area contributed by atoms with E-state index in [1.165, 1.54) is 32.1 Å². The van der Waals surface area contributed by atoms with Gasteiger partial charge in [-0.05, 0) is 42.9 Å². The van der Waals surface area contributed by atoms with Gasteiger partial charge in [0.15, 0.2) is 0 Å². The minimum atomic E-state index is 0.0175. The maximum atomic E-state index is 13.1. The molecule has 5 heteroatoms. The molecule has 2 fully saturated rings. The number of H-pyrrole nitrogens is 1. The zero-order valence-electron chi connectivity index (χ0n) is 14.0. The molecule has 0 bridgehead atoms. The third-order valence-corrected chi connectivity index (χ3v) is 6.19. The molecule has 2 aliphatic rings. The van der Waals surface area contributed by atoms with Gasteiger partial charge in [0, 0.05) is 17.4 Å². The Kier molecular flexibility index (Phi) is 3.99. The van der Waals surface area contributed by atoms with Crippen LogP contribution in [0.1, 0.15) is 49.0 Å². The van der Waals surface area contributed by atoms with Crippen molar-refractivity contribution in [3.8, 4) is 5.75 Å². The molecule has 128 valence electrons. The number of carbonyl (C=O) groups is 1. The van der Waals surface area contributed by atoms with Crippen molar-refractivity contribution in [1.82, 2.24) is 9.88 Å². The second kappa shape index (κ2) is 6.03. The molecule has 2 aromatic rings. The molecule has 1 amide bonds. The van der Waals surface area contributed by atoms with E-state index in [0.29, 0.717) is 11.1 Å². The molecule has 24 heavy (non-hydrogen) atoms. The SMILES string of the molecule is COc1cccc2[nH]c(C(=O)N3CC4(CCCCC4)CC3S)cc12. The molecule has 1 saturated heterocycles. The van der Waals surface area contributed by atoms with E-state index in [1.807, 2.05) is 29.2 Å². The number of nitrogens with zero attached hydrogens (tertiary/aromatic N) is 1. The summed E-state index contributed by atoms with van der Waals surface area (Å²) in [5.41, 5.74) is 1.85. The average molecular weight is 344 g/mol. The number of aromatic amines is 1. The van der Waals surface area contributed by atoms with E-state index in [1.54, 1.807) is 7.11 Å². The summed E-state index contributed by atoms with van der Waals surface area (Å²) in [5.74, 6) is 0.839. The number of hydrogen-bond acceptors (Lipinski definition) is 3. The van der Waals surface area contributed by atoms with E-state index in [9.17, 15) is 4.79 Å². The van der Waals surface area contributed by atoms with Crippen molar-refractivity contribution in [2.45, 2.75) is 43.9 Å².